The van der Waals surface area contributed by atoms with Gasteiger partial charge in [-0.1, -0.05) is 84.0 Å². The Labute approximate surface area is 222 Å². The average molecular weight is 528 g/mol. The van der Waals surface area contributed by atoms with Crippen molar-refractivity contribution in [1.29, 1.82) is 0 Å². The predicted octanol–water partition coefficient (Wildman–Crippen LogP) is 4.59. The van der Waals surface area contributed by atoms with E-state index in [9.17, 15) is 14.4 Å². The Balaban J connectivity index is 1.72. The molecule has 1 amide bonds. The minimum absolute atomic E-state index is 0.212. The predicted molar refractivity (Wildman–Crippen MR) is 139 cm³/mol. The highest BCUT2D eigenvalue weighted by atomic mass is 16.7. The second-order valence-electron chi connectivity index (χ2n) is 10.3. The number of esters is 2. The molecule has 1 N–H and O–H groups in total. The van der Waals surface area contributed by atoms with Gasteiger partial charge in [-0.2, -0.15) is 0 Å². The minimum Gasteiger partial charge on any atom is -0.467 e. The van der Waals surface area contributed by atoms with E-state index in [0.717, 1.165) is 19.3 Å². The summed E-state index contributed by atoms with van der Waals surface area (Å²) in [6, 6.07) is -0.725. The highest BCUT2D eigenvalue weighted by Gasteiger charge is 2.54. The number of hydrogen-bond donors (Lipinski definition) is 1. The molecular weight excluding hydrogens is 478 g/mol. The number of nitrogens with one attached hydrogen (secondary N) is 1. The van der Waals surface area contributed by atoms with E-state index >= 15 is 0 Å². The fraction of sp³-hybridized carbons (Fsp3) is 0.893. The van der Waals surface area contributed by atoms with E-state index in [4.69, 9.17) is 23.7 Å². The fourth-order valence-corrected chi connectivity index (χ4v) is 5.02. The van der Waals surface area contributed by atoms with Gasteiger partial charge in [-0.3, -0.25) is 9.59 Å². The van der Waals surface area contributed by atoms with Crippen LogP contribution < -0.4 is 5.32 Å². The Morgan fingerprint density at radius 3 is 2.00 bits per heavy atom. The van der Waals surface area contributed by atoms with Gasteiger partial charge in [-0.05, 0) is 13.3 Å². The molecule has 0 aromatic heterocycles. The number of methoxy groups -OCH3 is 1. The van der Waals surface area contributed by atoms with Crippen molar-refractivity contribution in [2.75, 3.05) is 13.7 Å². The van der Waals surface area contributed by atoms with Crippen LogP contribution in [0.4, 0.5) is 0 Å². The molecule has 0 unspecified atom stereocenters. The molecule has 2 heterocycles. The molecule has 0 aromatic carbocycles. The zero-order chi connectivity index (χ0) is 27.0. The van der Waals surface area contributed by atoms with E-state index in [2.05, 4.69) is 12.2 Å². The summed E-state index contributed by atoms with van der Waals surface area (Å²) in [5.74, 6) is -1.21. The molecule has 2 rings (SSSR count). The Morgan fingerprint density at radius 1 is 0.892 bits per heavy atom. The summed E-state index contributed by atoms with van der Waals surface area (Å²) in [7, 11) is 1.28. The Bertz CT molecular complexity index is 687. The highest BCUT2D eigenvalue weighted by Crippen LogP contribution is 2.33. The lowest BCUT2D eigenvalue weighted by Crippen LogP contribution is -2.63. The number of unbranched alkanes of at least 4 members (excludes halogenated alkanes) is 12. The third-order valence-corrected chi connectivity index (χ3v) is 7.09. The number of ether oxygens (including phenoxy) is 5. The van der Waals surface area contributed by atoms with Gasteiger partial charge >= 0.3 is 11.9 Å². The molecule has 2 bridgehead atoms. The van der Waals surface area contributed by atoms with Gasteiger partial charge in [-0.25, -0.2) is 4.79 Å². The molecule has 0 saturated carbocycles. The molecule has 6 atom stereocenters. The first kappa shape index (κ1) is 31.5. The van der Waals surface area contributed by atoms with Crippen molar-refractivity contribution in [2.24, 2.45) is 0 Å². The van der Waals surface area contributed by atoms with Crippen LogP contribution in [0.5, 0.6) is 0 Å². The summed E-state index contributed by atoms with van der Waals surface area (Å²) in [6.07, 6.45) is 12.5. The molecule has 37 heavy (non-hydrogen) atoms. The lowest BCUT2D eigenvalue weighted by atomic mass is 9.97. The molecule has 2 fully saturated rings. The second kappa shape index (κ2) is 17.7. The van der Waals surface area contributed by atoms with E-state index in [1.165, 1.54) is 78.2 Å². The lowest BCUT2D eigenvalue weighted by molar-refractivity contribution is -0.224. The molecule has 0 spiro atoms. The number of carbonyl (C=O) groups excluding carboxylic acids is 3. The van der Waals surface area contributed by atoms with E-state index < -0.39 is 42.7 Å². The lowest BCUT2D eigenvalue weighted by Gasteiger charge is -2.41. The first-order valence-corrected chi connectivity index (χ1v) is 14.3. The summed E-state index contributed by atoms with van der Waals surface area (Å²) in [5, 5.41) is 2.76. The van der Waals surface area contributed by atoms with Crippen LogP contribution in [0.1, 0.15) is 111 Å². The third kappa shape index (κ3) is 11.3. The minimum atomic E-state index is -0.911. The maximum absolute atomic E-state index is 12.7. The van der Waals surface area contributed by atoms with Crippen LogP contribution in [-0.2, 0) is 38.1 Å². The SMILES string of the molecule is CCCCCCCCCCCCCCCC(=O)O[C@H]1[C@H](O[C@@H](C)C(=O)OC)[C@@H](NC(C)=O)[C@@H]2OC[C@H]1O2. The van der Waals surface area contributed by atoms with Crippen LogP contribution in [-0.4, -0.2) is 68.3 Å². The standard InChI is InChI=1S/C28H49NO8/c1-5-6-7-8-9-10-11-12-13-14-15-16-17-18-23(31)37-25-22-19-34-28(36-22)24(29-21(3)30)26(25)35-20(2)27(32)33-4/h20,22,24-26,28H,5-19H2,1-4H3,(H,29,30)/t20-,22+,24+,25+,26+,28+/m0/s1. The summed E-state index contributed by atoms with van der Waals surface area (Å²) in [4.78, 5) is 36.5. The highest BCUT2D eigenvalue weighted by molar-refractivity contribution is 5.74. The fourth-order valence-electron chi connectivity index (χ4n) is 5.02. The molecule has 2 aliphatic rings. The van der Waals surface area contributed by atoms with E-state index in [1.54, 1.807) is 6.92 Å². The quantitative estimate of drug-likeness (QED) is 0.192. The summed E-state index contributed by atoms with van der Waals surface area (Å²) in [5.41, 5.74) is 0. The van der Waals surface area contributed by atoms with Crippen molar-refractivity contribution in [3.8, 4) is 0 Å². The Kier molecular flexibility index (Phi) is 15.1. The number of hydrogen-bond acceptors (Lipinski definition) is 8. The first-order valence-electron chi connectivity index (χ1n) is 14.3. The van der Waals surface area contributed by atoms with E-state index in [0.29, 0.717) is 6.42 Å². The van der Waals surface area contributed by atoms with Crippen LogP contribution in [0.3, 0.4) is 0 Å². The molecule has 0 aliphatic carbocycles. The zero-order valence-electron chi connectivity index (χ0n) is 23.3. The third-order valence-electron chi connectivity index (χ3n) is 7.09. The van der Waals surface area contributed by atoms with Crippen molar-refractivity contribution in [3.63, 3.8) is 0 Å². The largest absolute Gasteiger partial charge is 0.467 e. The Morgan fingerprint density at radius 2 is 1.46 bits per heavy atom. The normalized spacial score (nSPS) is 25.5. The zero-order valence-corrected chi connectivity index (χ0v) is 23.3. The summed E-state index contributed by atoms with van der Waals surface area (Å²) >= 11 is 0. The van der Waals surface area contributed by atoms with Crippen molar-refractivity contribution in [2.45, 2.75) is 147 Å². The molecular formula is C28H49NO8. The van der Waals surface area contributed by atoms with Crippen molar-refractivity contribution in [3.05, 3.63) is 0 Å². The summed E-state index contributed by atoms with van der Waals surface area (Å²) in [6.45, 7) is 5.39. The topological polar surface area (TPSA) is 109 Å². The average Bonchev–Trinajstić information content (AvgIpc) is 3.32. The van der Waals surface area contributed by atoms with Gasteiger partial charge in [0.2, 0.25) is 5.91 Å². The van der Waals surface area contributed by atoms with Crippen molar-refractivity contribution < 1.29 is 38.1 Å². The van der Waals surface area contributed by atoms with Gasteiger partial charge in [-0.15, -0.1) is 0 Å². The Hall–Kier alpha value is -1.71. The van der Waals surface area contributed by atoms with Gasteiger partial charge in [0.1, 0.15) is 18.2 Å². The number of fused-ring (bicyclic) bond motifs is 2. The molecule has 0 radical (unpaired) electrons. The van der Waals surface area contributed by atoms with Gasteiger partial charge in [0.15, 0.2) is 18.5 Å². The van der Waals surface area contributed by atoms with Crippen molar-refractivity contribution in [1.82, 2.24) is 5.32 Å². The van der Waals surface area contributed by atoms with Gasteiger partial charge in [0.05, 0.1) is 13.7 Å². The summed E-state index contributed by atoms with van der Waals surface area (Å²) < 4.78 is 28.0. The smallest absolute Gasteiger partial charge is 0.334 e. The van der Waals surface area contributed by atoms with Gasteiger partial charge < -0.3 is 29.0 Å². The van der Waals surface area contributed by atoms with Gasteiger partial charge in [0.25, 0.3) is 0 Å². The maximum Gasteiger partial charge on any atom is 0.334 e. The van der Waals surface area contributed by atoms with Crippen LogP contribution in [0.15, 0.2) is 0 Å². The number of carbonyl (C=O) groups is 3. The molecule has 2 saturated heterocycles. The second-order valence-corrected chi connectivity index (χ2v) is 10.3. The first-order chi connectivity index (χ1) is 17.9. The van der Waals surface area contributed by atoms with E-state index in [1.807, 2.05) is 0 Å². The van der Waals surface area contributed by atoms with Crippen LogP contribution >= 0.6 is 0 Å². The monoisotopic (exact) mass is 527 g/mol. The molecule has 2 aliphatic heterocycles. The molecule has 9 heteroatoms. The number of rotatable bonds is 19. The van der Waals surface area contributed by atoms with Crippen LogP contribution in [0.2, 0.25) is 0 Å². The van der Waals surface area contributed by atoms with E-state index in [-0.39, 0.29) is 18.5 Å². The number of amides is 1. The van der Waals surface area contributed by atoms with Crippen LogP contribution in [0, 0.1) is 0 Å². The van der Waals surface area contributed by atoms with Gasteiger partial charge in [0, 0.05) is 13.3 Å². The van der Waals surface area contributed by atoms with Crippen molar-refractivity contribution >= 4 is 17.8 Å². The molecule has 9 nitrogen and oxygen atoms in total. The molecule has 214 valence electrons. The maximum atomic E-state index is 12.7. The molecule has 0 aromatic rings. The van der Waals surface area contributed by atoms with Crippen LogP contribution in [0.25, 0.3) is 0 Å².